The number of anilines is 1. The van der Waals surface area contributed by atoms with Crippen LogP contribution in [0.5, 0.6) is 0 Å². The molecule has 0 saturated heterocycles. The maximum absolute atomic E-state index is 12.1. The van der Waals surface area contributed by atoms with E-state index in [1.807, 2.05) is 0 Å². The number of pyridine rings is 1. The third kappa shape index (κ3) is 4.00. The van der Waals surface area contributed by atoms with Gasteiger partial charge in [-0.05, 0) is 28.4 Å². The van der Waals surface area contributed by atoms with Gasteiger partial charge in [-0.1, -0.05) is 19.8 Å². The van der Waals surface area contributed by atoms with E-state index in [0.29, 0.717) is 5.56 Å². The summed E-state index contributed by atoms with van der Waals surface area (Å²) in [5, 5.41) is 0. The molecule has 1 rings (SSSR count). The van der Waals surface area contributed by atoms with E-state index in [-0.39, 0.29) is 11.7 Å². The number of unbranched alkanes of at least 4 members (excludes halogenated alkanes) is 2. The molecule has 0 saturated carbocycles. The van der Waals surface area contributed by atoms with Gasteiger partial charge in [0.25, 0.3) is 5.91 Å². The third-order valence-electron chi connectivity index (χ3n) is 2.56. The van der Waals surface area contributed by atoms with Crippen LogP contribution in [-0.4, -0.2) is 29.4 Å². The highest BCUT2D eigenvalue weighted by molar-refractivity contribution is 9.10. The number of nitrogens with zero attached hydrogens (tertiary/aromatic N) is 2. The molecule has 1 amide bonds. The van der Waals surface area contributed by atoms with Crippen LogP contribution in [0.3, 0.4) is 0 Å². The fourth-order valence-corrected chi connectivity index (χ4v) is 1.86. The zero-order chi connectivity index (χ0) is 12.8. The van der Waals surface area contributed by atoms with Gasteiger partial charge in [-0.15, -0.1) is 0 Å². The van der Waals surface area contributed by atoms with Gasteiger partial charge < -0.3 is 10.6 Å². The Balaban J connectivity index is 2.71. The molecule has 0 aliphatic rings. The molecule has 1 aromatic heterocycles. The SMILES string of the molecule is CCCCCN(C)C(=O)c1cc(Br)cnc1N. The summed E-state index contributed by atoms with van der Waals surface area (Å²) in [6.45, 7) is 2.89. The molecule has 4 nitrogen and oxygen atoms in total. The van der Waals surface area contributed by atoms with Crippen LogP contribution >= 0.6 is 15.9 Å². The molecule has 0 bridgehead atoms. The molecular formula is C12H18BrN3O. The number of nitrogen functional groups attached to an aromatic ring is 1. The number of rotatable bonds is 5. The van der Waals surface area contributed by atoms with Crippen LogP contribution in [0, 0.1) is 0 Å². The second kappa shape index (κ2) is 6.59. The second-order valence-corrected chi connectivity index (χ2v) is 4.94. The molecule has 0 atom stereocenters. The van der Waals surface area contributed by atoms with E-state index in [4.69, 9.17) is 5.73 Å². The molecular weight excluding hydrogens is 282 g/mol. The molecule has 0 aliphatic heterocycles. The van der Waals surface area contributed by atoms with Crippen molar-refractivity contribution in [1.29, 1.82) is 0 Å². The summed E-state index contributed by atoms with van der Waals surface area (Å²) in [4.78, 5) is 17.7. The molecule has 0 radical (unpaired) electrons. The molecule has 0 fully saturated rings. The lowest BCUT2D eigenvalue weighted by Gasteiger charge is -2.17. The number of carbonyl (C=O) groups is 1. The monoisotopic (exact) mass is 299 g/mol. The van der Waals surface area contributed by atoms with Crippen LogP contribution in [0.2, 0.25) is 0 Å². The quantitative estimate of drug-likeness (QED) is 0.851. The summed E-state index contributed by atoms with van der Waals surface area (Å²) in [5.74, 6) is 0.202. The maximum atomic E-state index is 12.1. The first-order valence-corrected chi connectivity index (χ1v) is 6.52. The normalized spacial score (nSPS) is 10.3. The Labute approximate surface area is 110 Å². The zero-order valence-corrected chi connectivity index (χ0v) is 11.8. The highest BCUT2D eigenvalue weighted by atomic mass is 79.9. The van der Waals surface area contributed by atoms with E-state index in [1.54, 1.807) is 24.2 Å². The molecule has 0 aromatic carbocycles. The number of nitrogens with two attached hydrogens (primary N) is 1. The number of hydrogen-bond acceptors (Lipinski definition) is 3. The first-order chi connectivity index (χ1) is 8.06. The van der Waals surface area contributed by atoms with E-state index in [2.05, 4.69) is 27.8 Å². The predicted molar refractivity (Wildman–Crippen MR) is 72.8 cm³/mol. The van der Waals surface area contributed by atoms with Crippen LogP contribution in [-0.2, 0) is 0 Å². The minimum absolute atomic E-state index is 0.0765. The molecule has 5 heteroatoms. The average Bonchev–Trinajstić information content (AvgIpc) is 2.31. The van der Waals surface area contributed by atoms with Crippen molar-refractivity contribution in [3.05, 3.63) is 22.3 Å². The molecule has 2 N–H and O–H groups in total. The van der Waals surface area contributed by atoms with Gasteiger partial charge in [-0.25, -0.2) is 4.98 Å². The summed E-state index contributed by atoms with van der Waals surface area (Å²) in [7, 11) is 1.79. The van der Waals surface area contributed by atoms with Crippen molar-refractivity contribution in [2.45, 2.75) is 26.2 Å². The van der Waals surface area contributed by atoms with Crippen molar-refractivity contribution < 1.29 is 4.79 Å². The number of carbonyl (C=O) groups excluding carboxylic acids is 1. The minimum atomic E-state index is -0.0765. The van der Waals surface area contributed by atoms with E-state index in [0.717, 1.165) is 30.3 Å². The van der Waals surface area contributed by atoms with Gasteiger partial charge >= 0.3 is 0 Å². The van der Waals surface area contributed by atoms with Gasteiger partial charge in [-0.3, -0.25) is 4.79 Å². The highest BCUT2D eigenvalue weighted by Crippen LogP contribution is 2.17. The number of aromatic nitrogens is 1. The van der Waals surface area contributed by atoms with Gasteiger partial charge in [-0.2, -0.15) is 0 Å². The van der Waals surface area contributed by atoms with Gasteiger partial charge in [0.05, 0.1) is 5.56 Å². The van der Waals surface area contributed by atoms with Crippen molar-refractivity contribution in [1.82, 2.24) is 9.88 Å². The number of hydrogen-bond donors (Lipinski definition) is 1. The Morgan fingerprint density at radius 2 is 2.24 bits per heavy atom. The molecule has 94 valence electrons. The Morgan fingerprint density at radius 3 is 2.88 bits per heavy atom. The lowest BCUT2D eigenvalue weighted by molar-refractivity contribution is 0.0793. The third-order valence-corrected chi connectivity index (χ3v) is 2.99. The fourth-order valence-electron chi connectivity index (χ4n) is 1.53. The Kier molecular flexibility index (Phi) is 5.41. The standard InChI is InChI=1S/C12H18BrN3O/c1-3-4-5-6-16(2)12(17)10-7-9(13)8-15-11(10)14/h7-8H,3-6H2,1-2H3,(H2,14,15). The molecule has 1 heterocycles. The Bertz CT molecular complexity index is 395. The van der Waals surface area contributed by atoms with Crippen LogP contribution in [0.1, 0.15) is 36.5 Å². The van der Waals surface area contributed by atoms with Crippen LogP contribution in [0.25, 0.3) is 0 Å². The van der Waals surface area contributed by atoms with Crippen molar-refractivity contribution in [3.63, 3.8) is 0 Å². The zero-order valence-electron chi connectivity index (χ0n) is 10.2. The van der Waals surface area contributed by atoms with Crippen molar-refractivity contribution in [3.8, 4) is 0 Å². The van der Waals surface area contributed by atoms with Crippen molar-refractivity contribution in [2.75, 3.05) is 19.3 Å². The summed E-state index contributed by atoms with van der Waals surface area (Å²) in [6.07, 6.45) is 4.87. The number of halogens is 1. The van der Waals surface area contributed by atoms with Gasteiger partial charge in [0.1, 0.15) is 5.82 Å². The smallest absolute Gasteiger partial charge is 0.257 e. The van der Waals surface area contributed by atoms with Crippen molar-refractivity contribution in [2.24, 2.45) is 0 Å². The van der Waals surface area contributed by atoms with Crippen LogP contribution in [0.4, 0.5) is 5.82 Å². The fraction of sp³-hybridized carbons (Fsp3) is 0.500. The molecule has 1 aromatic rings. The van der Waals surface area contributed by atoms with Gasteiger partial charge in [0.15, 0.2) is 0 Å². The summed E-state index contributed by atoms with van der Waals surface area (Å²) < 4.78 is 0.761. The van der Waals surface area contributed by atoms with Crippen LogP contribution in [0.15, 0.2) is 16.7 Å². The topological polar surface area (TPSA) is 59.2 Å². The minimum Gasteiger partial charge on any atom is -0.383 e. The maximum Gasteiger partial charge on any atom is 0.257 e. The molecule has 17 heavy (non-hydrogen) atoms. The van der Waals surface area contributed by atoms with Crippen LogP contribution < -0.4 is 5.73 Å². The second-order valence-electron chi connectivity index (χ2n) is 4.02. The lowest BCUT2D eigenvalue weighted by Crippen LogP contribution is -2.28. The first-order valence-electron chi connectivity index (χ1n) is 5.72. The molecule has 0 aliphatic carbocycles. The summed E-state index contributed by atoms with van der Waals surface area (Å²) in [6, 6.07) is 1.71. The Hall–Kier alpha value is -1.10. The molecule has 0 spiro atoms. The first kappa shape index (κ1) is 14.0. The van der Waals surface area contributed by atoms with Gasteiger partial charge in [0, 0.05) is 24.3 Å². The largest absolute Gasteiger partial charge is 0.383 e. The van der Waals surface area contributed by atoms with Crippen molar-refractivity contribution >= 4 is 27.7 Å². The number of amides is 1. The molecule has 0 unspecified atom stereocenters. The highest BCUT2D eigenvalue weighted by Gasteiger charge is 2.15. The van der Waals surface area contributed by atoms with E-state index in [1.165, 1.54) is 0 Å². The van der Waals surface area contributed by atoms with E-state index < -0.39 is 0 Å². The van der Waals surface area contributed by atoms with Gasteiger partial charge in [0.2, 0.25) is 0 Å². The van der Waals surface area contributed by atoms with E-state index in [9.17, 15) is 4.79 Å². The lowest BCUT2D eigenvalue weighted by atomic mass is 10.2. The summed E-state index contributed by atoms with van der Waals surface area (Å²) in [5.41, 5.74) is 6.16. The predicted octanol–water partition coefficient (Wildman–Crippen LogP) is 2.69. The van der Waals surface area contributed by atoms with E-state index >= 15 is 0 Å². The Morgan fingerprint density at radius 1 is 1.53 bits per heavy atom. The average molecular weight is 300 g/mol. The summed E-state index contributed by atoms with van der Waals surface area (Å²) >= 11 is 3.29.